The van der Waals surface area contributed by atoms with Crippen LogP contribution >= 0.6 is 0 Å². The summed E-state index contributed by atoms with van der Waals surface area (Å²) in [6.45, 7) is 7.11. The van der Waals surface area contributed by atoms with Gasteiger partial charge in [-0.25, -0.2) is 0 Å². The second kappa shape index (κ2) is 2.63. The van der Waals surface area contributed by atoms with E-state index in [1.807, 2.05) is 0 Å². The molecule has 11 heavy (non-hydrogen) atoms. The van der Waals surface area contributed by atoms with Crippen molar-refractivity contribution in [1.29, 1.82) is 0 Å². The van der Waals surface area contributed by atoms with Crippen LogP contribution in [0.4, 0.5) is 0 Å². The zero-order chi connectivity index (χ0) is 7.84. The number of hydrogen-bond acceptors (Lipinski definition) is 1. The fraction of sp³-hybridized carbons (Fsp3) is 0.800. The molecule has 2 rings (SSSR count). The molecule has 0 aromatic carbocycles. The fourth-order valence-electron chi connectivity index (χ4n) is 2.40. The predicted octanol–water partition coefficient (Wildman–Crippen LogP) is 1.95. The van der Waals surface area contributed by atoms with E-state index in [4.69, 9.17) is 0 Å². The van der Waals surface area contributed by atoms with Crippen molar-refractivity contribution in [2.45, 2.75) is 26.7 Å². The summed E-state index contributed by atoms with van der Waals surface area (Å²) in [5, 5.41) is 3.48. The third kappa shape index (κ3) is 1.22. The molecule has 2 unspecified atom stereocenters. The van der Waals surface area contributed by atoms with Gasteiger partial charge in [0, 0.05) is 0 Å². The molecule has 0 bridgehead atoms. The molecular weight excluding hydrogens is 134 g/mol. The Balaban J connectivity index is 2.14. The molecule has 2 atom stereocenters. The molecule has 0 saturated carbocycles. The van der Waals surface area contributed by atoms with Crippen LogP contribution in [0.5, 0.6) is 0 Å². The zero-order valence-corrected chi connectivity index (χ0v) is 7.48. The first-order chi connectivity index (χ1) is 5.27. The SMILES string of the molecule is CC1=C(C)CC2CNCC2C1. The molecule has 1 saturated heterocycles. The van der Waals surface area contributed by atoms with Gasteiger partial charge in [-0.15, -0.1) is 0 Å². The van der Waals surface area contributed by atoms with E-state index in [1.54, 1.807) is 11.1 Å². The van der Waals surface area contributed by atoms with Crippen LogP contribution < -0.4 is 5.32 Å². The molecule has 1 heterocycles. The van der Waals surface area contributed by atoms with E-state index in [0.29, 0.717) is 0 Å². The van der Waals surface area contributed by atoms with Crippen LogP contribution in [0.25, 0.3) is 0 Å². The first kappa shape index (κ1) is 7.35. The van der Waals surface area contributed by atoms with Gasteiger partial charge in [0.2, 0.25) is 0 Å². The highest BCUT2D eigenvalue weighted by Gasteiger charge is 2.30. The Kier molecular flexibility index (Phi) is 1.76. The van der Waals surface area contributed by atoms with Gasteiger partial charge in [0.25, 0.3) is 0 Å². The van der Waals surface area contributed by atoms with Crippen LogP contribution in [0.2, 0.25) is 0 Å². The predicted molar refractivity (Wildman–Crippen MR) is 47.5 cm³/mol. The second-order valence-corrected chi connectivity index (χ2v) is 4.15. The normalized spacial score (nSPS) is 37.6. The molecule has 2 aliphatic rings. The minimum atomic E-state index is 0.957. The van der Waals surface area contributed by atoms with Gasteiger partial charge in [0.15, 0.2) is 0 Å². The Morgan fingerprint density at radius 2 is 1.45 bits per heavy atom. The van der Waals surface area contributed by atoms with Crippen LogP contribution in [0.3, 0.4) is 0 Å². The van der Waals surface area contributed by atoms with Crippen molar-refractivity contribution in [3.8, 4) is 0 Å². The third-order valence-electron chi connectivity index (χ3n) is 3.35. The van der Waals surface area contributed by atoms with E-state index in [-0.39, 0.29) is 0 Å². The lowest BCUT2D eigenvalue weighted by Crippen LogP contribution is -2.18. The molecule has 0 radical (unpaired) electrons. The van der Waals surface area contributed by atoms with Crippen LogP contribution in [-0.4, -0.2) is 13.1 Å². The van der Waals surface area contributed by atoms with Gasteiger partial charge in [-0.05, 0) is 51.6 Å². The van der Waals surface area contributed by atoms with E-state index in [9.17, 15) is 0 Å². The number of nitrogens with one attached hydrogen (secondary N) is 1. The Morgan fingerprint density at radius 3 is 1.91 bits per heavy atom. The molecule has 1 heteroatoms. The van der Waals surface area contributed by atoms with Crippen molar-refractivity contribution in [3.05, 3.63) is 11.1 Å². The van der Waals surface area contributed by atoms with E-state index in [1.165, 1.54) is 25.9 Å². The summed E-state index contributed by atoms with van der Waals surface area (Å²) in [5.41, 5.74) is 3.30. The maximum atomic E-state index is 3.48. The van der Waals surface area contributed by atoms with Crippen molar-refractivity contribution in [2.75, 3.05) is 13.1 Å². The summed E-state index contributed by atoms with van der Waals surface area (Å²) >= 11 is 0. The Bertz CT molecular complexity index is 173. The van der Waals surface area contributed by atoms with E-state index in [0.717, 1.165) is 11.8 Å². The maximum Gasteiger partial charge on any atom is -0.00141 e. The topological polar surface area (TPSA) is 12.0 Å². The molecule has 1 fully saturated rings. The first-order valence-electron chi connectivity index (χ1n) is 4.63. The highest BCUT2D eigenvalue weighted by molar-refractivity contribution is 5.16. The number of fused-ring (bicyclic) bond motifs is 1. The summed E-state index contributed by atoms with van der Waals surface area (Å²) < 4.78 is 0. The van der Waals surface area contributed by atoms with Gasteiger partial charge in [0.1, 0.15) is 0 Å². The van der Waals surface area contributed by atoms with Crippen molar-refractivity contribution < 1.29 is 0 Å². The van der Waals surface area contributed by atoms with Gasteiger partial charge in [-0.1, -0.05) is 11.1 Å². The smallest absolute Gasteiger partial charge is 0.00141 e. The molecule has 1 aliphatic carbocycles. The average molecular weight is 151 g/mol. The summed E-state index contributed by atoms with van der Waals surface area (Å²) in [6.07, 6.45) is 2.70. The average Bonchev–Trinajstić information content (AvgIpc) is 2.36. The molecule has 0 aromatic rings. The quantitative estimate of drug-likeness (QED) is 0.522. The summed E-state index contributed by atoms with van der Waals surface area (Å²) in [6, 6.07) is 0. The molecule has 0 spiro atoms. The van der Waals surface area contributed by atoms with Gasteiger partial charge in [0.05, 0.1) is 0 Å². The molecule has 0 aromatic heterocycles. The van der Waals surface area contributed by atoms with Crippen LogP contribution in [0, 0.1) is 11.8 Å². The Hall–Kier alpha value is -0.300. The zero-order valence-electron chi connectivity index (χ0n) is 7.48. The largest absolute Gasteiger partial charge is 0.316 e. The lowest BCUT2D eigenvalue weighted by atomic mass is 9.79. The summed E-state index contributed by atoms with van der Waals surface area (Å²) in [4.78, 5) is 0. The molecule has 1 N–H and O–H groups in total. The minimum absolute atomic E-state index is 0.957. The number of hydrogen-bond donors (Lipinski definition) is 1. The second-order valence-electron chi connectivity index (χ2n) is 4.15. The number of allylic oxidation sites excluding steroid dienone is 2. The van der Waals surface area contributed by atoms with Gasteiger partial charge >= 0.3 is 0 Å². The van der Waals surface area contributed by atoms with Crippen molar-refractivity contribution in [3.63, 3.8) is 0 Å². The van der Waals surface area contributed by atoms with E-state index < -0.39 is 0 Å². The lowest BCUT2D eigenvalue weighted by Gasteiger charge is -2.26. The molecular formula is C10H17N. The molecule has 0 amide bonds. The number of rotatable bonds is 0. The molecule has 1 aliphatic heterocycles. The van der Waals surface area contributed by atoms with Crippen molar-refractivity contribution in [1.82, 2.24) is 5.32 Å². The Morgan fingerprint density at radius 1 is 1.00 bits per heavy atom. The standard InChI is InChI=1S/C10H17N/c1-7-3-9-5-11-6-10(9)4-8(7)2/h9-11H,3-6H2,1-2H3. The van der Waals surface area contributed by atoms with Gasteiger partial charge in [-0.3, -0.25) is 0 Å². The van der Waals surface area contributed by atoms with Gasteiger partial charge < -0.3 is 5.32 Å². The van der Waals surface area contributed by atoms with Crippen LogP contribution in [0.1, 0.15) is 26.7 Å². The highest BCUT2D eigenvalue weighted by Crippen LogP contribution is 2.35. The van der Waals surface area contributed by atoms with E-state index in [2.05, 4.69) is 19.2 Å². The first-order valence-corrected chi connectivity index (χ1v) is 4.63. The Labute approximate surface area is 68.9 Å². The maximum absolute atomic E-state index is 3.48. The molecule has 62 valence electrons. The lowest BCUT2D eigenvalue weighted by molar-refractivity contribution is 0.388. The third-order valence-corrected chi connectivity index (χ3v) is 3.35. The van der Waals surface area contributed by atoms with Crippen molar-refractivity contribution in [2.24, 2.45) is 11.8 Å². The van der Waals surface area contributed by atoms with Crippen LogP contribution in [-0.2, 0) is 0 Å². The monoisotopic (exact) mass is 151 g/mol. The van der Waals surface area contributed by atoms with Crippen molar-refractivity contribution >= 4 is 0 Å². The summed E-state index contributed by atoms with van der Waals surface area (Å²) in [7, 11) is 0. The van der Waals surface area contributed by atoms with Crippen LogP contribution in [0.15, 0.2) is 11.1 Å². The molecule has 1 nitrogen and oxygen atoms in total. The van der Waals surface area contributed by atoms with E-state index >= 15 is 0 Å². The highest BCUT2D eigenvalue weighted by atomic mass is 14.9. The fourth-order valence-corrected chi connectivity index (χ4v) is 2.40. The summed E-state index contributed by atoms with van der Waals surface area (Å²) in [5.74, 6) is 1.91. The minimum Gasteiger partial charge on any atom is -0.316 e. The van der Waals surface area contributed by atoms with Gasteiger partial charge in [-0.2, -0.15) is 0 Å².